The van der Waals surface area contributed by atoms with Crippen molar-refractivity contribution in [3.8, 4) is 11.1 Å². The summed E-state index contributed by atoms with van der Waals surface area (Å²) in [6.45, 7) is 5.90. The molecule has 0 saturated carbocycles. The fourth-order valence-electron chi connectivity index (χ4n) is 1.87. The predicted molar refractivity (Wildman–Crippen MR) is 72.3 cm³/mol. The zero-order valence-corrected chi connectivity index (χ0v) is 11.7. The number of hydrogen-bond acceptors (Lipinski definition) is 1. The molecule has 0 radical (unpaired) electrons. The molecule has 2 rings (SSSR count). The third-order valence-corrected chi connectivity index (χ3v) is 3.15. The lowest BCUT2D eigenvalue weighted by Gasteiger charge is -2.21. The normalized spacial score (nSPS) is 11.9. The van der Waals surface area contributed by atoms with Crippen molar-refractivity contribution in [1.29, 1.82) is 0 Å². The van der Waals surface area contributed by atoms with Gasteiger partial charge in [0.25, 0.3) is 0 Å². The summed E-state index contributed by atoms with van der Waals surface area (Å²) in [6, 6.07) is 3.49. The van der Waals surface area contributed by atoms with Crippen LogP contribution in [0.2, 0.25) is 5.02 Å². The van der Waals surface area contributed by atoms with Crippen molar-refractivity contribution in [1.82, 2.24) is 9.78 Å². The Morgan fingerprint density at radius 2 is 1.89 bits per heavy atom. The summed E-state index contributed by atoms with van der Waals surface area (Å²) in [7, 11) is 1.85. The summed E-state index contributed by atoms with van der Waals surface area (Å²) < 4.78 is 15.8. The fourth-order valence-corrected chi connectivity index (χ4v) is 2.09. The van der Waals surface area contributed by atoms with E-state index in [0.717, 1.165) is 11.1 Å². The van der Waals surface area contributed by atoms with E-state index >= 15 is 0 Å². The van der Waals surface area contributed by atoms with Crippen LogP contribution in [0.4, 0.5) is 4.39 Å². The topological polar surface area (TPSA) is 17.8 Å². The van der Waals surface area contributed by atoms with Gasteiger partial charge in [-0.15, -0.1) is 0 Å². The smallest absolute Gasteiger partial charge is 0.145 e. The van der Waals surface area contributed by atoms with E-state index in [1.165, 1.54) is 0 Å². The number of halogens is 2. The van der Waals surface area contributed by atoms with Crippen molar-refractivity contribution in [2.45, 2.75) is 26.2 Å². The maximum atomic E-state index is 14.0. The number of rotatable bonds is 1. The summed E-state index contributed by atoms with van der Waals surface area (Å²) in [6.07, 6.45) is 3.63. The third kappa shape index (κ3) is 2.41. The minimum Gasteiger partial charge on any atom is -0.275 e. The molecule has 0 atom stereocenters. The first kappa shape index (κ1) is 13.1. The molecule has 0 unspecified atom stereocenters. The van der Waals surface area contributed by atoms with Gasteiger partial charge >= 0.3 is 0 Å². The zero-order valence-electron chi connectivity index (χ0n) is 11.0. The highest BCUT2D eigenvalue weighted by atomic mass is 35.5. The Kier molecular flexibility index (Phi) is 3.20. The second-order valence-corrected chi connectivity index (χ2v) is 5.88. The van der Waals surface area contributed by atoms with Crippen LogP contribution >= 0.6 is 11.6 Å². The average Bonchev–Trinajstić information content (AvgIpc) is 2.67. The van der Waals surface area contributed by atoms with E-state index in [-0.39, 0.29) is 16.3 Å². The molecular weight excluding hydrogens is 251 g/mol. The van der Waals surface area contributed by atoms with Crippen molar-refractivity contribution in [2.75, 3.05) is 0 Å². The molecule has 0 N–H and O–H groups in total. The van der Waals surface area contributed by atoms with Gasteiger partial charge < -0.3 is 0 Å². The van der Waals surface area contributed by atoms with Gasteiger partial charge in [0, 0.05) is 18.8 Å². The fraction of sp³-hybridized carbons (Fsp3) is 0.357. The van der Waals surface area contributed by atoms with E-state index in [9.17, 15) is 4.39 Å². The van der Waals surface area contributed by atoms with Crippen LogP contribution < -0.4 is 0 Å². The molecule has 1 heterocycles. The predicted octanol–water partition coefficient (Wildman–Crippen LogP) is 4.18. The van der Waals surface area contributed by atoms with E-state index in [4.69, 9.17) is 11.6 Å². The van der Waals surface area contributed by atoms with Crippen LogP contribution in [0, 0.1) is 5.82 Å². The Bertz CT molecular complexity index is 582. The van der Waals surface area contributed by atoms with E-state index in [0.29, 0.717) is 5.56 Å². The molecule has 0 fully saturated rings. The molecule has 0 bridgehead atoms. The molecule has 1 aromatic heterocycles. The number of aryl methyl sites for hydroxylation is 1. The Balaban J connectivity index is 2.61. The van der Waals surface area contributed by atoms with Gasteiger partial charge in [0.2, 0.25) is 0 Å². The second-order valence-electron chi connectivity index (χ2n) is 5.47. The van der Waals surface area contributed by atoms with Crippen molar-refractivity contribution >= 4 is 11.6 Å². The summed E-state index contributed by atoms with van der Waals surface area (Å²) in [5.41, 5.74) is 2.16. The number of nitrogens with zero attached hydrogens (tertiary/aromatic N) is 2. The van der Waals surface area contributed by atoms with E-state index in [1.807, 2.05) is 40.1 Å². The Labute approximate surface area is 111 Å². The second kappa shape index (κ2) is 4.39. The highest BCUT2D eigenvalue weighted by molar-refractivity contribution is 6.31. The minimum atomic E-state index is -0.336. The highest BCUT2D eigenvalue weighted by Crippen LogP contribution is 2.33. The van der Waals surface area contributed by atoms with Gasteiger partial charge in [0.1, 0.15) is 5.82 Å². The Morgan fingerprint density at radius 1 is 1.22 bits per heavy atom. The summed E-state index contributed by atoms with van der Waals surface area (Å²) in [5, 5.41) is 4.27. The molecule has 4 heteroatoms. The number of hydrogen-bond donors (Lipinski definition) is 0. The van der Waals surface area contributed by atoms with Gasteiger partial charge in [-0.2, -0.15) is 5.10 Å². The van der Waals surface area contributed by atoms with Crippen LogP contribution in [-0.4, -0.2) is 9.78 Å². The quantitative estimate of drug-likeness (QED) is 0.757. The van der Waals surface area contributed by atoms with Crippen molar-refractivity contribution < 1.29 is 4.39 Å². The Hall–Kier alpha value is -1.35. The molecule has 0 aliphatic heterocycles. The average molecular weight is 267 g/mol. The van der Waals surface area contributed by atoms with Crippen molar-refractivity contribution in [3.05, 3.63) is 40.9 Å². The third-order valence-electron chi connectivity index (χ3n) is 2.87. The van der Waals surface area contributed by atoms with Crippen molar-refractivity contribution in [2.24, 2.45) is 7.05 Å². The van der Waals surface area contributed by atoms with Gasteiger partial charge in [0.05, 0.1) is 11.2 Å². The highest BCUT2D eigenvalue weighted by Gasteiger charge is 2.21. The first-order valence-corrected chi connectivity index (χ1v) is 6.15. The molecule has 0 spiro atoms. The van der Waals surface area contributed by atoms with E-state index in [1.54, 1.807) is 16.9 Å². The van der Waals surface area contributed by atoms with E-state index < -0.39 is 0 Å². The standard InChI is InChI=1S/C14H16ClFN2/c1-14(2,3)11-5-9(6-12(15)13(11)16)10-7-17-18(4)8-10/h5-8H,1-4H3. The minimum absolute atomic E-state index is 0.154. The molecular formula is C14H16ClFN2. The SMILES string of the molecule is Cn1cc(-c2cc(Cl)c(F)c(C(C)(C)C)c2)cn1. The van der Waals surface area contributed by atoms with Crippen molar-refractivity contribution in [3.63, 3.8) is 0 Å². The van der Waals surface area contributed by atoms with Gasteiger partial charge in [-0.25, -0.2) is 4.39 Å². The van der Waals surface area contributed by atoms with Crippen LogP contribution in [0.15, 0.2) is 24.5 Å². The number of benzene rings is 1. The molecule has 0 aliphatic rings. The lowest BCUT2D eigenvalue weighted by atomic mass is 9.85. The summed E-state index contributed by atoms with van der Waals surface area (Å²) >= 11 is 5.98. The molecule has 2 aromatic rings. The maximum Gasteiger partial charge on any atom is 0.145 e. The van der Waals surface area contributed by atoms with Crippen LogP contribution in [0.3, 0.4) is 0 Å². The summed E-state index contributed by atoms with van der Waals surface area (Å²) in [4.78, 5) is 0. The number of aromatic nitrogens is 2. The largest absolute Gasteiger partial charge is 0.275 e. The molecule has 1 aromatic carbocycles. The molecule has 0 amide bonds. The van der Waals surface area contributed by atoms with Gasteiger partial charge in [-0.3, -0.25) is 4.68 Å². The molecule has 0 saturated heterocycles. The monoisotopic (exact) mass is 266 g/mol. The zero-order chi connectivity index (χ0) is 13.5. The van der Waals surface area contributed by atoms with Gasteiger partial charge in [0.15, 0.2) is 0 Å². The Morgan fingerprint density at radius 3 is 2.39 bits per heavy atom. The van der Waals surface area contributed by atoms with Crippen LogP contribution in [0.25, 0.3) is 11.1 Å². The summed E-state index contributed by atoms with van der Waals surface area (Å²) in [5.74, 6) is -0.336. The molecule has 2 nitrogen and oxygen atoms in total. The molecule has 18 heavy (non-hydrogen) atoms. The van der Waals surface area contributed by atoms with Gasteiger partial charge in [-0.05, 0) is 28.7 Å². The maximum absolute atomic E-state index is 14.0. The van der Waals surface area contributed by atoms with E-state index in [2.05, 4.69) is 5.10 Å². The first-order valence-electron chi connectivity index (χ1n) is 5.77. The van der Waals surface area contributed by atoms with Crippen LogP contribution in [0.1, 0.15) is 26.3 Å². The molecule has 96 valence electrons. The first-order chi connectivity index (χ1) is 8.29. The van der Waals surface area contributed by atoms with Crippen LogP contribution in [0.5, 0.6) is 0 Å². The lowest BCUT2D eigenvalue weighted by molar-refractivity contribution is 0.523. The van der Waals surface area contributed by atoms with Crippen LogP contribution in [-0.2, 0) is 12.5 Å². The molecule has 0 aliphatic carbocycles. The van der Waals surface area contributed by atoms with Gasteiger partial charge in [-0.1, -0.05) is 32.4 Å². The lowest BCUT2D eigenvalue weighted by Crippen LogP contribution is -2.14.